The Bertz CT molecular complexity index is 1090. The van der Waals surface area contributed by atoms with E-state index in [2.05, 4.69) is 10.6 Å². The van der Waals surface area contributed by atoms with Crippen LogP contribution in [-0.2, 0) is 19.2 Å². The van der Waals surface area contributed by atoms with Crippen molar-refractivity contribution in [1.29, 1.82) is 0 Å². The number of para-hydroxylation sites is 2. The van der Waals surface area contributed by atoms with Crippen LogP contribution in [0.3, 0.4) is 0 Å². The van der Waals surface area contributed by atoms with E-state index in [4.69, 9.17) is 0 Å². The number of imide groups is 4. The molecule has 2 unspecified atom stereocenters. The molecule has 2 fully saturated rings. The number of rotatable bonds is 9. The van der Waals surface area contributed by atoms with Crippen molar-refractivity contribution in [3.05, 3.63) is 60.7 Å². The molecule has 36 heavy (non-hydrogen) atoms. The van der Waals surface area contributed by atoms with E-state index in [0.717, 1.165) is 9.80 Å². The van der Waals surface area contributed by atoms with Crippen molar-refractivity contribution < 1.29 is 28.8 Å². The van der Waals surface area contributed by atoms with Crippen molar-refractivity contribution in [3.8, 4) is 0 Å². The third-order valence-corrected chi connectivity index (χ3v) is 6.30. The number of carbonyl (C=O) groups excluding carboxylic acids is 6. The van der Waals surface area contributed by atoms with Gasteiger partial charge in [-0.2, -0.15) is 0 Å². The molecule has 0 radical (unpaired) electrons. The summed E-state index contributed by atoms with van der Waals surface area (Å²) in [5.74, 6) is -4.23. The molecule has 10 nitrogen and oxygen atoms in total. The number of benzene rings is 2. The highest BCUT2D eigenvalue weighted by Crippen LogP contribution is 2.26. The number of barbiturate groups is 2. The van der Waals surface area contributed by atoms with Gasteiger partial charge in [0.05, 0.1) is 11.4 Å². The van der Waals surface area contributed by atoms with E-state index in [1.165, 1.54) is 0 Å². The van der Waals surface area contributed by atoms with Gasteiger partial charge in [-0.3, -0.25) is 29.8 Å². The Balaban J connectivity index is 1.26. The summed E-state index contributed by atoms with van der Waals surface area (Å²) >= 11 is 0. The lowest BCUT2D eigenvalue weighted by Crippen LogP contribution is -2.58. The summed E-state index contributed by atoms with van der Waals surface area (Å²) in [6, 6.07) is 15.3. The molecule has 0 spiro atoms. The zero-order valence-electron chi connectivity index (χ0n) is 19.5. The number of hydrogen-bond donors (Lipinski definition) is 2. The Morgan fingerprint density at radius 1 is 0.528 bits per heavy atom. The first-order chi connectivity index (χ1) is 17.4. The molecule has 8 amide bonds. The van der Waals surface area contributed by atoms with Crippen LogP contribution in [0.4, 0.5) is 21.0 Å². The van der Waals surface area contributed by atoms with Gasteiger partial charge in [-0.15, -0.1) is 0 Å². The minimum Gasteiger partial charge on any atom is -0.277 e. The molecule has 2 saturated heterocycles. The normalized spacial score (nSPS) is 20.4. The van der Waals surface area contributed by atoms with Crippen molar-refractivity contribution in [3.63, 3.8) is 0 Å². The smallest absolute Gasteiger partial charge is 0.277 e. The monoisotopic (exact) mass is 490 g/mol. The molecule has 2 aliphatic rings. The maximum absolute atomic E-state index is 12.8. The minimum absolute atomic E-state index is 0.278. The molecule has 2 aromatic rings. The van der Waals surface area contributed by atoms with E-state index in [1.54, 1.807) is 60.7 Å². The molecule has 4 rings (SSSR count). The fourth-order valence-corrected chi connectivity index (χ4v) is 4.44. The first-order valence-electron chi connectivity index (χ1n) is 11.9. The molecule has 0 bridgehead atoms. The number of anilines is 2. The second kappa shape index (κ2) is 10.9. The SMILES string of the molecule is O=C1NC(=O)N(c2ccccc2)C(=O)C1CCCCCCC1C(=O)NC(=O)N(c2ccccc2)C1=O. The third kappa shape index (κ3) is 5.17. The lowest BCUT2D eigenvalue weighted by Gasteiger charge is -2.30. The molecule has 10 heteroatoms. The van der Waals surface area contributed by atoms with E-state index in [1.807, 2.05) is 0 Å². The van der Waals surface area contributed by atoms with Crippen LogP contribution in [0.1, 0.15) is 38.5 Å². The molecule has 2 aliphatic heterocycles. The van der Waals surface area contributed by atoms with Gasteiger partial charge < -0.3 is 0 Å². The lowest BCUT2D eigenvalue weighted by atomic mass is 9.94. The van der Waals surface area contributed by atoms with Crippen LogP contribution < -0.4 is 20.4 Å². The van der Waals surface area contributed by atoms with Gasteiger partial charge in [0.15, 0.2) is 0 Å². The standard InChI is InChI=1S/C26H26N4O6/c31-21-19(23(33)29(25(35)27-21)17-11-5-3-6-12-17)15-9-1-2-10-16-20-22(32)28-26(36)30(24(20)34)18-13-7-4-8-14-18/h3-8,11-14,19-20H,1-2,9-10,15-16H2,(H,27,31,35)(H,28,32,36). The zero-order valence-corrected chi connectivity index (χ0v) is 19.5. The second-order valence-electron chi connectivity index (χ2n) is 8.70. The van der Waals surface area contributed by atoms with Gasteiger partial charge >= 0.3 is 12.1 Å². The predicted octanol–water partition coefficient (Wildman–Crippen LogP) is 3.13. The summed E-state index contributed by atoms with van der Waals surface area (Å²) in [6.45, 7) is 0. The Hall–Kier alpha value is -4.34. The van der Waals surface area contributed by atoms with Gasteiger partial charge in [0, 0.05) is 0 Å². The number of nitrogens with one attached hydrogen (secondary N) is 2. The van der Waals surface area contributed by atoms with Crippen LogP contribution in [-0.4, -0.2) is 35.7 Å². The molecule has 0 aromatic heterocycles. The molecule has 2 N–H and O–H groups in total. The van der Waals surface area contributed by atoms with Crippen LogP contribution in [0, 0.1) is 11.8 Å². The number of amides is 8. The Labute approximate surface area is 207 Å². The van der Waals surface area contributed by atoms with Crippen LogP contribution in [0.15, 0.2) is 60.7 Å². The number of nitrogens with zero attached hydrogens (tertiary/aromatic N) is 2. The highest BCUT2D eigenvalue weighted by Gasteiger charge is 2.42. The molecule has 2 aromatic carbocycles. The van der Waals surface area contributed by atoms with Gasteiger partial charge in [0.25, 0.3) is 0 Å². The predicted molar refractivity (Wildman–Crippen MR) is 130 cm³/mol. The first-order valence-corrected chi connectivity index (χ1v) is 11.9. The van der Waals surface area contributed by atoms with E-state index in [9.17, 15) is 28.8 Å². The maximum Gasteiger partial charge on any atom is 0.335 e. The molecule has 0 aliphatic carbocycles. The third-order valence-electron chi connectivity index (χ3n) is 6.30. The average Bonchev–Trinajstić information content (AvgIpc) is 2.85. The molecule has 186 valence electrons. The summed E-state index contributed by atoms with van der Waals surface area (Å²) < 4.78 is 0. The summed E-state index contributed by atoms with van der Waals surface area (Å²) in [6.07, 6.45) is 3.00. The molecule has 2 atom stereocenters. The zero-order chi connectivity index (χ0) is 25.7. The van der Waals surface area contributed by atoms with Gasteiger partial charge in [-0.05, 0) is 37.1 Å². The highest BCUT2D eigenvalue weighted by molar-refractivity contribution is 6.28. The average molecular weight is 491 g/mol. The summed E-state index contributed by atoms with van der Waals surface area (Å²) in [5.41, 5.74) is 0.798. The van der Waals surface area contributed by atoms with Crippen molar-refractivity contribution >= 4 is 47.1 Å². The second-order valence-corrected chi connectivity index (χ2v) is 8.70. The van der Waals surface area contributed by atoms with Crippen molar-refractivity contribution in [2.24, 2.45) is 11.8 Å². The van der Waals surface area contributed by atoms with E-state index in [-0.39, 0.29) is 12.8 Å². The van der Waals surface area contributed by atoms with Crippen LogP contribution in [0.2, 0.25) is 0 Å². The molecular weight excluding hydrogens is 464 g/mol. The fraction of sp³-hybridized carbons (Fsp3) is 0.308. The van der Waals surface area contributed by atoms with Crippen molar-refractivity contribution in [2.45, 2.75) is 38.5 Å². The van der Waals surface area contributed by atoms with Crippen LogP contribution in [0.25, 0.3) is 0 Å². The Morgan fingerprint density at radius 2 is 0.889 bits per heavy atom. The van der Waals surface area contributed by atoms with Crippen molar-refractivity contribution in [2.75, 3.05) is 9.80 Å². The van der Waals surface area contributed by atoms with Crippen molar-refractivity contribution in [1.82, 2.24) is 10.6 Å². The van der Waals surface area contributed by atoms with Gasteiger partial charge in [0.1, 0.15) is 11.8 Å². The number of unbranched alkanes of at least 4 members (excludes halogenated alkanes) is 3. The summed E-state index contributed by atoms with van der Waals surface area (Å²) in [7, 11) is 0. The van der Waals surface area contributed by atoms with Gasteiger partial charge in [0.2, 0.25) is 23.6 Å². The Kier molecular flexibility index (Phi) is 7.53. The lowest BCUT2D eigenvalue weighted by molar-refractivity contribution is -0.136. The minimum atomic E-state index is -0.959. The van der Waals surface area contributed by atoms with Gasteiger partial charge in [-0.25, -0.2) is 19.4 Å². The molecule has 0 saturated carbocycles. The molecule has 2 heterocycles. The maximum atomic E-state index is 12.8. The van der Waals surface area contributed by atoms with E-state index in [0.29, 0.717) is 37.1 Å². The van der Waals surface area contributed by atoms with Gasteiger partial charge in [-0.1, -0.05) is 62.1 Å². The first kappa shape index (κ1) is 24.8. The fourth-order valence-electron chi connectivity index (χ4n) is 4.44. The quantitative estimate of drug-likeness (QED) is 0.410. The van der Waals surface area contributed by atoms with E-state index >= 15 is 0 Å². The number of urea groups is 2. The summed E-state index contributed by atoms with van der Waals surface area (Å²) in [4.78, 5) is 76.6. The number of hydrogen-bond acceptors (Lipinski definition) is 6. The Morgan fingerprint density at radius 3 is 1.25 bits per heavy atom. The molecular formula is C26H26N4O6. The number of carbonyl (C=O) groups is 6. The largest absolute Gasteiger partial charge is 0.335 e. The topological polar surface area (TPSA) is 133 Å². The highest BCUT2D eigenvalue weighted by atomic mass is 16.2. The van der Waals surface area contributed by atoms with Crippen LogP contribution in [0.5, 0.6) is 0 Å². The van der Waals surface area contributed by atoms with Crippen LogP contribution >= 0.6 is 0 Å². The summed E-state index contributed by atoms with van der Waals surface area (Å²) in [5, 5.41) is 4.49. The van der Waals surface area contributed by atoms with E-state index < -0.39 is 47.5 Å².